The van der Waals surface area contributed by atoms with Crippen molar-refractivity contribution in [3.05, 3.63) is 52.6 Å². The third-order valence-electron chi connectivity index (χ3n) is 4.07. The second-order valence-corrected chi connectivity index (χ2v) is 5.76. The van der Waals surface area contributed by atoms with Crippen molar-refractivity contribution in [1.82, 2.24) is 14.1 Å². The summed E-state index contributed by atoms with van der Waals surface area (Å²) in [7, 11) is 4.98. The summed E-state index contributed by atoms with van der Waals surface area (Å²) in [6.45, 7) is 0.697. The number of carbonyl (C=O) groups is 1. The lowest BCUT2D eigenvalue weighted by Gasteiger charge is -2.10. The van der Waals surface area contributed by atoms with E-state index >= 15 is 0 Å². The second kappa shape index (κ2) is 7.40. The number of hydrogen-bond donors (Lipinski definition) is 1. The number of imidazole rings is 1. The molecule has 2 aromatic heterocycles. The van der Waals surface area contributed by atoms with Gasteiger partial charge in [0.2, 0.25) is 5.88 Å². The molecule has 8 nitrogen and oxygen atoms in total. The molecule has 0 fully saturated rings. The van der Waals surface area contributed by atoms with E-state index in [4.69, 9.17) is 9.47 Å². The van der Waals surface area contributed by atoms with Gasteiger partial charge in [0.15, 0.2) is 0 Å². The van der Waals surface area contributed by atoms with E-state index in [0.717, 1.165) is 11.0 Å². The van der Waals surface area contributed by atoms with Crippen molar-refractivity contribution in [3.63, 3.8) is 0 Å². The first-order valence-electron chi connectivity index (χ1n) is 8.06. The van der Waals surface area contributed by atoms with E-state index in [1.165, 1.54) is 4.57 Å². The van der Waals surface area contributed by atoms with E-state index in [9.17, 15) is 9.59 Å². The van der Waals surface area contributed by atoms with Crippen molar-refractivity contribution in [2.24, 2.45) is 14.1 Å². The molecule has 0 spiro atoms. The van der Waals surface area contributed by atoms with Crippen LogP contribution in [-0.4, -0.2) is 40.3 Å². The highest BCUT2D eigenvalue weighted by Crippen LogP contribution is 2.20. The monoisotopic (exact) mass is 356 g/mol. The summed E-state index contributed by atoms with van der Waals surface area (Å²) in [5.74, 6) is -0.0963. The van der Waals surface area contributed by atoms with Gasteiger partial charge >= 0.3 is 5.69 Å². The molecule has 0 saturated heterocycles. The predicted molar refractivity (Wildman–Crippen MR) is 97.7 cm³/mol. The van der Waals surface area contributed by atoms with Crippen LogP contribution in [0.4, 0.5) is 5.69 Å². The van der Waals surface area contributed by atoms with Gasteiger partial charge in [0, 0.05) is 33.1 Å². The van der Waals surface area contributed by atoms with Gasteiger partial charge in [-0.1, -0.05) is 0 Å². The van der Waals surface area contributed by atoms with Gasteiger partial charge in [-0.05, 0) is 30.3 Å². The normalized spacial score (nSPS) is 10.9. The molecule has 0 unspecified atom stereocenters. The maximum Gasteiger partial charge on any atom is 0.328 e. The third kappa shape index (κ3) is 3.31. The molecular formula is C18H20N4O4. The molecule has 0 aliphatic carbocycles. The largest absolute Gasteiger partial charge is 0.475 e. The quantitative estimate of drug-likeness (QED) is 0.677. The van der Waals surface area contributed by atoms with Crippen LogP contribution >= 0.6 is 0 Å². The van der Waals surface area contributed by atoms with Gasteiger partial charge in [0.05, 0.1) is 17.6 Å². The summed E-state index contributed by atoms with van der Waals surface area (Å²) < 4.78 is 13.5. The number of methoxy groups -OCH3 is 1. The van der Waals surface area contributed by atoms with E-state index < -0.39 is 0 Å². The smallest absolute Gasteiger partial charge is 0.328 e. The number of hydrogen-bond acceptors (Lipinski definition) is 5. The van der Waals surface area contributed by atoms with Crippen LogP contribution in [0.2, 0.25) is 0 Å². The van der Waals surface area contributed by atoms with Gasteiger partial charge in [-0.15, -0.1) is 0 Å². The van der Waals surface area contributed by atoms with Crippen LogP contribution < -0.4 is 15.7 Å². The number of benzene rings is 1. The Labute approximate surface area is 150 Å². The Kier molecular flexibility index (Phi) is 5.04. The minimum atomic E-state index is -0.342. The number of rotatable bonds is 6. The Morgan fingerprint density at radius 3 is 2.69 bits per heavy atom. The van der Waals surface area contributed by atoms with Crippen LogP contribution in [0.1, 0.15) is 10.4 Å². The van der Waals surface area contributed by atoms with Crippen molar-refractivity contribution < 1.29 is 14.3 Å². The fraction of sp³-hybridized carbons (Fsp3) is 0.278. The van der Waals surface area contributed by atoms with Crippen LogP contribution in [-0.2, 0) is 18.8 Å². The zero-order valence-corrected chi connectivity index (χ0v) is 14.9. The standard InChI is InChI=1S/C18H20N4O4/c1-21-14-7-6-12(11-15(14)22(2)18(21)24)20-16(23)13-5-4-8-19-17(13)26-10-9-25-3/h4-8,11H,9-10H2,1-3H3,(H,20,23). The highest BCUT2D eigenvalue weighted by molar-refractivity contribution is 6.06. The summed E-state index contributed by atoms with van der Waals surface area (Å²) in [4.78, 5) is 28.7. The second-order valence-electron chi connectivity index (χ2n) is 5.76. The summed E-state index contributed by atoms with van der Waals surface area (Å²) in [6.07, 6.45) is 1.56. The maximum absolute atomic E-state index is 12.6. The predicted octanol–water partition coefficient (Wildman–Crippen LogP) is 1.55. The van der Waals surface area contributed by atoms with Gasteiger partial charge in [-0.25, -0.2) is 9.78 Å². The van der Waals surface area contributed by atoms with Crippen molar-refractivity contribution in [2.75, 3.05) is 25.6 Å². The van der Waals surface area contributed by atoms with Crippen molar-refractivity contribution in [1.29, 1.82) is 0 Å². The SMILES string of the molecule is COCCOc1ncccc1C(=O)Nc1ccc2c(c1)n(C)c(=O)n2C. The number of aryl methyl sites for hydroxylation is 2. The molecule has 0 aliphatic heterocycles. The fourth-order valence-electron chi connectivity index (χ4n) is 2.68. The molecular weight excluding hydrogens is 336 g/mol. The average Bonchev–Trinajstić information content (AvgIpc) is 2.86. The van der Waals surface area contributed by atoms with Crippen molar-refractivity contribution >= 4 is 22.6 Å². The summed E-state index contributed by atoms with van der Waals surface area (Å²) >= 11 is 0. The first-order chi connectivity index (χ1) is 12.5. The molecule has 136 valence electrons. The molecule has 0 atom stereocenters. The minimum Gasteiger partial charge on any atom is -0.475 e. The molecule has 0 aliphatic rings. The lowest BCUT2D eigenvalue weighted by molar-refractivity contribution is 0.101. The molecule has 0 saturated carbocycles. The molecule has 0 bridgehead atoms. The number of nitrogens with zero attached hydrogens (tertiary/aromatic N) is 3. The third-order valence-corrected chi connectivity index (χ3v) is 4.07. The number of anilines is 1. The van der Waals surface area contributed by atoms with E-state index in [2.05, 4.69) is 10.3 Å². The number of pyridine rings is 1. The van der Waals surface area contributed by atoms with E-state index in [-0.39, 0.29) is 17.5 Å². The van der Waals surface area contributed by atoms with Crippen LogP contribution in [0.5, 0.6) is 5.88 Å². The van der Waals surface area contributed by atoms with Crippen molar-refractivity contribution in [3.8, 4) is 5.88 Å². The molecule has 2 heterocycles. The first kappa shape index (κ1) is 17.7. The maximum atomic E-state index is 12.6. The van der Waals surface area contributed by atoms with Gasteiger partial charge in [-0.2, -0.15) is 0 Å². The summed E-state index contributed by atoms with van der Waals surface area (Å²) in [6, 6.07) is 8.62. The van der Waals surface area contributed by atoms with Gasteiger partial charge in [0.25, 0.3) is 5.91 Å². The van der Waals surface area contributed by atoms with Gasteiger partial charge in [-0.3, -0.25) is 13.9 Å². The van der Waals surface area contributed by atoms with Crippen LogP contribution in [0.25, 0.3) is 11.0 Å². The van der Waals surface area contributed by atoms with Gasteiger partial charge < -0.3 is 14.8 Å². The number of fused-ring (bicyclic) bond motifs is 1. The Morgan fingerprint density at radius 1 is 1.15 bits per heavy atom. The zero-order valence-electron chi connectivity index (χ0n) is 14.9. The topological polar surface area (TPSA) is 87.4 Å². The van der Waals surface area contributed by atoms with E-state index in [1.54, 1.807) is 62.3 Å². The lowest BCUT2D eigenvalue weighted by Crippen LogP contribution is -2.19. The number of ether oxygens (including phenoxy) is 2. The molecule has 1 amide bonds. The average molecular weight is 356 g/mol. The number of carbonyl (C=O) groups excluding carboxylic acids is 1. The Morgan fingerprint density at radius 2 is 1.92 bits per heavy atom. The molecule has 1 N–H and O–H groups in total. The molecule has 0 radical (unpaired) electrons. The molecule has 1 aromatic carbocycles. The van der Waals surface area contributed by atoms with E-state index in [1.807, 2.05) is 0 Å². The molecule has 3 rings (SSSR count). The first-order valence-corrected chi connectivity index (χ1v) is 8.06. The summed E-state index contributed by atoms with van der Waals surface area (Å²) in [5.41, 5.74) is 2.31. The van der Waals surface area contributed by atoms with Crippen LogP contribution in [0.15, 0.2) is 41.3 Å². The number of aromatic nitrogens is 3. The van der Waals surface area contributed by atoms with Gasteiger partial charge in [0.1, 0.15) is 12.2 Å². The van der Waals surface area contributed by atoms with Crippen molar-refractivity contribution in [2.45, 2.75) is 0 Å². The highest BCUT2D eigenvalue weighted by Gasteiger charge is 2.15. The molecule has 8 heteroatoms. The Bertz CT molecular complexity index is 1010. The molecule has 26 heavy (non-hydrogen) atoms. The Balaban J connectivity index is 1.85. The lowest BCUT2D eigenvalue weighted by atomic mass is 10.2. The fourth-order valence-corrected chi connectivity index (χ4v) is 2.68. The summed E-state index contributed by atoms with van der Waals surface area (Å²) in [5, 5.41) is 2.82. The number of nitrogens with one attached hydrogen (secondary N) is 1. The highest BCUT2D eigenvalue weighted by atomic mass is 16.5. The van der Waals surface area contributed by atoms with Crippen LogP contribution in [0.3, 0.4) is 0 Å². The van der Waals surface area contributed by atoms with Crippen LogP contribution in [0, 0.1) is 0 Å². The Hall–Kier alpha value is -3.13. The van der Waals surface area contributed by atoms with E-state index in [0.29, 0.717) is 24.5 Å². The number of amides is 1. The molecule has 3 aromatic rings. The zero-order chi connectivity index (χ0) is 18.7. The minimum absolute atomic E-state index is 0.121.